The third kappa shape index (κ3) is 3.50. The van der Waals surface area contributed by atoms with Gasteiger partial charge in [0, 0.05) is 13.0 Å². The molecule has 0 N–H and O–H groups in total. The van der Waals surface area contributed by atoms with Crippen LogP contribution in [0.4, 0.5) is 0 Å². The predicted molar refractivity (Wildman–Crippen MR) is 76.4 cm³/mol. The summed E-state index contributed by atoms with van der Waals surface area (Å²) in [6, 6.07) is 3.33. The number of likely N-dealkylation sites (tertiary alicyclic amines) is 1. The third-order valence-electron chi connectivity index (χ3n) is 4.16. The second kappa shape index (κ2) is 5.81. The highest BCUT2D eigenvalue weighted by Gasteiger charge is 2.30. The van der Waals surface area contributed by atoms with E-state index >= 15 is 0 Å². The molecule has 1 aliphatic rings. The molecule has 4 heteroatoms. The average molecular weight is 277 g/mol. The molecular formula is C16H23NO3. The molecule has 110 valence electrons. The first-order valence-corrected chi connectivity index (χ1v) is 7.22. The molecule has 0 bridgehead atoms. The molecule has 0 saturated carbocycles. The largest absolute Gasteiger partial charge is 0.461 e. The van der Waals surface area contributed by atoms with Crippen LogP contribution >= 0.6 is 0 Å². The first-order chi connectivity index (χ1) is 9.38. The molecule has 2 heterocycles. The summed E-state index contributed by atoms with van der Waals surface area (Å²) < 4.78 is 5.09. The van der Waals surface area contributed by atoms with Crippen molar-refractivity contribution in [3.63, 3.8) is 0 Å². The molecule has 1 saturated heterocycles. The number of furan rings is 1. The Labute approximate surface area is 120 Å². The van der Waals surface area contributed by atoms with E-state index in [1.165, 1.54) is 6.26 Å². The Bertz CT molecular complexity index is 470. The van der Waals surface area contributed by atoms with Gasteiger partial charge in [0.15, 0.2) is 5.76 Å². The van der Waals surface area contributed by atoms with Crippen molar-refractivity contribution >= 4 is 11.7 Å². The fourth-order valence-corrected chi connectivity index (χ4v) is 2.76. The molecule has 0 aromatic carbocycles. The summed E-state index contributed by atoms with van der Waals surface area (Å²) in [5.41, 5.74) is 0.210. The number of Topliss-reactive ketones (excluding diaryl/α,β-unsaturated/α-hetero) is 1. The zero-order chi connectivity index (χ0) is 14.8. The van der Waals surface area contributed by atoms with Crippen LogP contribution in [0.1, 0.15) is 50.6 Å². The number of hydrogen-bond acceptors (Lipinski definition) is 3. The van der Waals surface area contributed by atoms with Gasteiger partial charge >= 0.3 is 0 Å². The lowest BCUT2D eigenvalue weighted by Gasteiger charge is -2.29. The van der Waals surface area contributed by atoms with E-state index < -0.39 is 0 Å². The van der Waals surface area contributed by atoms with Crippen LogP contribution in [-0.2, 0) is 4.79 Å². The SMILES string of the molecule is CC(C)(C)C1CCC(=O)N(CC(=O)c2ccco2)CC1. The van der Waals surface area contributed by atoms with Crippen molar-refractivity contribution in [3.05, 3.63) is 24.2 Å². The Morgan fingerprint density at radius 1 is 1.40 bits per heavy atom. The first-order valence-electron chi connectivity index (χ1n) is 7.22. The van der Waals surface area contributed by atoms with Gasteiger partial charge in [0.1, 0.15) is 0 Å². The molecule has 1 aromatic rings. The van der Waals surface area contributed by atoms with Gasteiger partial charge < -0.3 is 9.32 Å². The van der Waals surface area contributed by atoms with Crippen molar-refractivity contribution in [3.8, 4) is 0 Å². The second-order valence-corrected chi connectivity index (χ2v) is 6.61. The Hall–Kier alpha value is -1.58. The summed E-state index contributed by atoms with van der Waals surface area (Å²) in [6.45, 7) is 7.43. The summed E-state index contributed by atoms with van der Waals surface area (Å²) in [5, 5.41) is 0. The van der Waals surface area contributed by atoms with Crippen molar-refractivity contribution in [1.29, 1.82) is 0 Å². The lowest BCUT2D eigenvalue weighted by molar-refractivity contribution is -0.130. The lowest BCUT2D eigenvalue weighted by Crippen LogP contribution is -2.35. The van der Waals surface area contributed by atoms with Gasteiger partial charge in [0.05, 0.1) is 12.8 Å². The summed E-state index contributed by atoms with van der Waals surface area (Å²) in [7, 11) is 0. The van der Waals surface area contributed by atoms with Gasteiger partial charge in [-0.25, -0.2) is 0 Å². The van der Waals surface area contributed by atoms with E-state index in [1.54, 1.807) is 17.0 Å². The summed E-state index contributed by atoms with van der Waals surface area (Å²) in [6.07, 6.45) is 3.88. The molecular weight excluding hydrogens is 254 g/mol. The molecule has 1 amide bonds. The van der Waals surface area contributed by atoms with Crippen molar-refractivity contribution in [2.24, 2.45) is 11.3 Å². The third-order valence-corrected chi connectivity index (χ3v) is 4.16. The first kappa shape index (κ1) is 14.8. The standard InChI is InChI=1S/C16H23NO3/c1-16(2,3)12-6-7-15(19)17(9-8-12)11-13(18)14-5-4-10-20-14/h4-5,10,12H,6-9,11H2,1-3H3. The van der Waals surface area contributed by atoms with Crippen LogP contribution in [0.2, 0.25) is 0 Å². The van der Waals surface area contributed by atoms with E-state index in [4.69, 9.17) is 4.42 Å². The summed E-state index contributed by atoms with van der Waals surface area (Å²) >= 11 is 0. The molecule has 0 spiro atoms. The number of carbonyl (C=O) groups is 2. The normalized spacial score (nSPS) is 20.9. The molecule has 0 aliphatic carbocycles. The Kier molecular flexibility index (Phi) is 4.31. The molecule has 4 nitrogen and oxygen atoms in total. The minimum absolute atomic E-state index is 0.0802. The summed E-state index contributed by atoms with van der Waals surface area (Å²) in [5.74, 6) is 0.804. The van der Waals surface area contributed by atoms with Crippen LogP contribution < -0.4 is 0 Å². The molecule has 1 fully saturated rings. The summed E-state index contributed by atoms with van der Waals surface area (Å²) in [4.78, 5) is 25.8. The van der Waals surface area contributed by atoms with E-state index in [9.17, 15) is 9.59 Å². The molecule has 0 radical (unpaired) electrons. The van der Waals surface area contributed by atoms with Crippen molar-refractivity contribution < 1.29 is 14.0 Å². The zero-order valence-corrected chi connectivity index (χ0v) is 12.5. The van der Waals surface area contributed by atoms with E-state index in [-0.39, 0.29) is 23.7 Å². The van der Waals surface area contributed by atoms with Crippen LogP contribution in [-0.4, -0.2) is 29.7 Å². The number of nitrogens with zero attached hydrogens (tertiary/aromatic N) is 1. The van der Waals surface area contributed by atoms with Crippen molar-refractivity contribution in [2.75, 3.05) is 13.1 Å². The van der Waals surface area contributed by atoms with Crippen LogP contribution in [0.5, 0.6) is 0 Å². The van der Waals surface area contributed by atoms with Crippen molar-refractivity contribution in [2.45, 2.75) is 40.0 Å². The fraction of sp³-hybridized carbons (Fsp3) is 0.625. The van der Waals surface area contributed by atoms with E-state index in [0.717, 1.165) is 12.8 Å². The number of carbonyl (C=O) groups excluding carboxylic acids is 2. The van der Waals surface area contributed by atoms with E-state index in [0.29, 0.717) is 24.6 Å². The second-order valence-electron chi connectivity index (χ2n) is 6.61. The molecule has 2 rings (SSSR count). The topological polar surface area (TPSA) is 50.5 Å². The highest BCUT2D eigenvalue weighted by molar-refractivity contribution is 5.97. The van der Waals surface area contributed by atoms with Crippen LogP contribution in [0.15, 0.2) is 22.8 Å². The lowest BCUT2D eigenvalue weighted by atomic mass is 9.77. The minimum Gasteiger partial charge on any atom is -0.461 e. The number of hydrogen-bond donors (Lipinski definition) is 0. The molecule has 20 heavy (non-hydrogen) atoms. The van der Waals surface area contributed by atoms with Gasteiger partial charge in [-0.3, -0.25) is 9.59 Å². The van der Waals surface area contributed by atoms with Gasteiger partial charge in [-0.1, -0.05) is 20.8 Å². The van der Waals surface area contributed by atoms with E-state index in [1.807, 2.05) is 0 Å². The number of rotatable bonds is 3. The fourth-order valence-electron chi connectivity index (χ4n) is 2.76. The quantitative estimate of drug-likeness (QED) is 0.797. The van der Waals surface area contributed by atoms with Gasteiger partial charge in [0.2, 0.25) is 11.7 Å². The zero-order valence-electron chi connectivity index (χ0n) is 12.5. The highest BCUT2D eigenvalue weighted by Crippen LogP contribution is 2.34. The Morgan fingerprint density at radius 3 is 2.75 bits per heavy atom. The van der Waals surface area contributed by atoms with Gasteiger partial charge in [-0.15, -0.1) is 0 Å². The van der Waals surface area contributed by atoms with Gasteiger partial charge in [-0.2, -0.15) is 0 Å². The van der Waals surface area contributed by atoms with Crippen LogP contribution in [0.25, 0.3) is 0 Å². The van der Waals surface area contributed by atoms with Crippen LogP contribution in [0, 0.1) is 11.3 Å². The van der Waals surface area contributed by atoms with Crippen LogP contribution in [0.3, 0.4) is 0 Å². The molecule has 1 atom stereocenters. The van der Waals surface area contributed by atoms with Gasteiger partial charge in [-0.05, 0) is 36.3 Å². The molecule has 1 aliphatic heterocycles. The monoisotopic (exact) mass is 277 g/mol. The maximum absolute atomic E-state index is 12.1. The number of amides is 1. The Balaban J connectivity index is 1.99. The number of ketones is 1. The van der Waals surface area contributed by atoms with Crippen molar-refractivity contribution in [1.82, 2.24) is 4.90 Å². The Morgan fingerprint density at radius 2 is 2.15 bits per heavy atom. The molecule has 1 unspecified atom stereocenters. The molecule has 1 aromatic heterocycles. The van der Waals surface area contributed by atoms with Gasteiger partial charge in [0.25, 0.3) is 0 Å². The maximum Gasteiger partial charge on any atom is 0.222 e. The average Bonchev–Trinajstić information content (AvgIpc) is 2.82. The maximum atomic E-state index is 12.1. The predicted octanol–water partition coefficient (Wildman–Crippen LogP) is 3.14. The highest BCUT2D eigenvalue weighted by atomic mass is 16.3. The smallest absolute Gasteiger partial charge is 0.222 e. The minimum atomic E-state index is -0.127. The van der Waals surface area contributed by atoms with E-state index in [2.05, 4.69) is 20.8 Å².